The number of hydrogen-bond acceptors (Lipinski definition) is 3. The van der Waals surface area contributed by atoms with Gasteiger partial charge in [0.15, 0.2) is 0 Å². The molecule has 0 fully saturated rings. The van der Waals surface area contributed by atoms with Crippen molar-refractivity contribution < 1.29 is 13.0 Å². The summed E-state index contributed by atoms with van der Waals surface area (Å²) in [4.78, 5) is 0. The standard InChI is InChI=1S/CH4O3S2.K.H/c2-6(3,4)1-5;;/h5H,1H2,(H,2,3,4);;. The first-order valence-corrected chi connectivity index (χ1v) is 3.36. The quantitative estimate of drug-likeness (QED) is 0.303. The molecule has 0 aromatic heterocycles. The van der Waals surface area contributed by atoms with Crippen molar-refractivity contribution in [2.75, 3.05) is 5.08 Å². The van der Waals surface area contributed by atoms with Crippen LogP contribution in [-0.4, -0.2) is 69.4 Å². The molecule has 0 aromatic rings. The van der Waals surface area contributed by atoms with Gasteiger partial charge in [0.25, 0.3) is 10.1 Å². The van der Waals surface area contributed by atoms with E-state index in [1.807, 2.05) is 0 Å². The Morgan fingerprint density at radius 1 is 1.57 bits per heavy atom. The summed E-state index contributed by atoms with van der Waals surface area (Å²) >= 11 is 3.26. The number of thiol groups is 1. The van der Waals surface area contributed by atoms with Crippen molar-refractivity contribution in [2.24, 2.45) is 0 Å². The molecular weight excluding hydrogens is 163 g/mol. The molecule has 0 aliphatic carbocycles. The molecule has 0 aliphatic rings. The predicted octanol–water partition coefficient (Wildman–Crippen LogP) is -0.887. The monoisotopic (exact) mass is 168 g/mol. The predicted molar refractivity (Wildman–Crippen MR) is 32.6 cm³/mol. The van der Waals surface area contributed by atoms with Crippen LogP contribution >= 0.6 is 12.6 Å². The van der Waals surface area contributed by atoms with Gasteiger partial charge in [0.05, 0.1) is 0 Å². The van der Waals surface area contributed by atoms with E-state index in [4.69, 9.17) is 4.55 Å². The Hall–Kier alpha value is 1.90. The van der Waals surface area contributed by atoms with Crippen LogP contribution in [0.25, 0.3) is 0 Å². The summed E-state index contributed by atoms with van der Waals surface area (Å²) in [6, 6.07) is 0. The van der Waals surface area contributed by atoms with Crippen LogP contribution in [0.5, 0.6) is 0 Å². The van der Waals surface area contributed by atoms with Crippen molar-refractivity contribution in [1.29, 1.82) is 0 Å². The fraction of sp³-hybridized carbons (Fsp3) is 1.00. The Balaban J connectivity index is 0. The molecule has 6 heteroatoms. The summed E-state index contributed by atoms with van der Waals surface area (Å²) in [5.41, 5.74) is 0. The first kappa shape index (κ1) is 11.7. The van der Waals surface area contributed by atoms with Gasteiger partial charge in [-0.1, -0.05) is 0 Å². The second kappa shape index (κ2) is 4.75. The van der Waals surface area contributed by atoms with Gasteiger partial charge in [-0.15, -0.1) is 0 Å². The van der Waals surface area contributed by atoms with Gasteiger partial charge in [-0.3, -0.25) is 4.55 Å². The van der Waals surface area contributed by atoms with Gasteiger partial charge in [0.1, 0.15) is 5.08 Å². The minimum atomic E-state index is -3.80. The third-order valence-electron chi connectivity index (χ3n) is 0.163. The van der Waals surface area contributed by atoms with E-state index in [0.29, 0.717) is 0 Å². The van der Waals surface area contributed by atoms with Gasteiger partial charge in [-0.25, -0.2) is 0 Å². The van der Waals surface area contributed by atoms with E-state index < -0.39 is 15.2 Å². The average Bonchev–Trinajstić information content (AvgIpc) is 1.35. The zero-order valence-corrected chi connectivity index (χ0v) is 4.54. The molecule has 0 atom stereocenters. The summed E-state index contributed by atoms with van der Waals surface area (Å²) in [5, 5.41) is -0.507. The van der Waals surface area contributed by atoms with Crippen molar-refractivity contribution in [2.45, 2.75) is 0 Å². The maximum absolute atomic E-state index is 9.48. The first-order chi connectivity index (χ1) is 2.56. The van der Waals surface area contributed by atoms with Crippen LogP contribution in [0, 0.1) is 0 Å². The van der Waals surface area contributed by atoms with Gasteiger partial charge in [0.2, 0.25) is 0 Å². The molecule has 40 valence electrons. The van der Waals surface area contributed by atoms with E-state index in [1.165, 1.54) is 0 Å². The fourth-order valence-electron chi connectivity index (χ4n) is 0. The van der Waals surface area contributed by atoms with Crippen LogP contribution in [0.1, 0.15) is 0 Å². The minimum absolute atomic E-state index is 0. The molecule has 0 aliphatic heterocycles. The Bertz CT molecular complexity index is 115. The van der Waals surface area contributed by atoms with E-state index in [-0.39, 0.29) is 51.4 Å². The Labute approximate surface area is 90.4 Å². The SMILES string of the molecule is O=S(=O)(O)CS.[KH]. The normalized spacial score (nSPS) is 10.0. The topological polar surface area (TPSA) is 54.4 Å². The second-order valence-electron chi connectivity index (χ2n) is 0.711. The number of rotatable bonds is 1. The molecule has 0 saturated carbocycles. The van der Waals surface area contributed by atoms with Gasteiger partial charge in [0, 0.05) is 0 Å². The third kappa shape index (κ3) is 11.5. The average molecular weight is 168 g/mol. The summed E-state index contributed by atoms with van der Waals surface area (Å²) in [5.74, 6) is 0. The third-order valence-corrected chi connectivity index (χ3v) is 1.47. The fourth-order valence-corrected chi connectivity index (χ4v) is 0. The Kier molecular flexibility index (Phi) is 7.91. The molecule has 0 radical (unpaired) electrons. The van der Waals surface area contributed by atoms with Crippen molar-refractivity contribution in [3.05, 3.63) is 0 Å². The molecule has 0 saturated heterocycles. The number of hydrogen-bond donors (Lipinski definition) is 2. The van der Waals surface area contributed by atoms with Crippen LogP contribution in [-0.2, 0) is 10.1 Å². The molecule has 0 amide bonds. The summed E-state index contributed by atoms with van der Waals surface area (Å²) in [7, 11) is -3.80. The van der Waals surface area contributed by atoms with Crippen LogP contribution in [0.2, 0.25) is 0 Å². The van der Waals surface area contributed by atoms with E-state index in [0.717, 1.165) is 0 Å². The summed E-state index contributed by atoms with van der Waals surface area (Å²) in [6.07, 6.45) is 0. The van der Waals surface area contributed by atoms with Crippen LogP contribution in [0.3, 0.4) is 0 Å². The molecule has 3 nitrogen and oxygen atoms in total. The molecule has 0 bridgehead atoms. The van der Waals surface area contributed by atoms with E-state index in [1.54, 1.807) is 0 Å². The van der Waals surface area contributed by atoms with E-state index in [9.17, 15) is 8.42 Å². The molecule has 0 spiro atoms. The molecule has 1 N–H and O–H groups in total. The Morgan fingerprint density at radius 3 is 1.71 bits per heavy atom. The van der Waals surface area contributed by atoms with Crippen molar-refractivity contribution in [3.63, 3.8) is 0 Å². The van der Waals surface area contributed by atoms with Gasteiger partial charge in [-0.05, 0) is 0 Å². The van der Waals surface area contributed by atoms with Crippen molar-refractivity contribution in [3.8, 4) is 0 Å². The molecule has 0 heterocycles. The van der Waals surface area contributed by atoms with Gasteiger partial charge in [-0.2, -0.15) is 21.0 Å². The first-order valence-electron chi connectivity index (χ1n) is 1.12. The Morgan fingerprint density at radius 2 is 1.71 bits per heavy atom. The van der Waals surface area contributed by atoms with Gasteiger partial charge < -0.3 is 0 Å². The molecule has 7 heavy (non-hydrogen) atoms. The van der Waals surface area contributed by atoms with Crippen molar-refractivity contribution in [1.82, 2.24) is 0 Å². The zero-order valence-electron chi connectivity index (χ0n) is 2.83. The molecule has 0 unspecified atom stereocenters. The van der Waals surface area contributed by atoms with Crippen LogP contribution < -0.4 is 0 Å². The molecule has 0 aromatic carbocycles. The van der Waals surface area contributed by atoms with E-state index >= 15 is 0 Å². The molecular formula is CH5KO3S2. The second-order valence-corrected chi connectivity index (χ2v) is 2.91. The maximum atomic E-state index is 9.48. The summed E-state index contributed by atoms with van der Waals surface area (Å²) in [6.45, 7) is 0. The van der Waals surface area contributed by atoms with Crippen molar-refractivity contribution >= 4 is 74.1 Å². The van der Waals surface area contributed by atoms with Crippen LogP contribution in [0.4, 0.5) is 0 Å². The van der Waals surface area contributed by atoms with Gasteiger partial charge >= 0.3 is 51.4 Å². The summed E-state index contributed by atoms with van der Waals surface area (Å²) < 4.78 is 26.7. The van der Waals surface area contributed by atoms with E-state index in [2.05, 4.69) is 12.6 Å². The zero-order chi connectivity index (χ0) is 5.21. The molecule has 0 rings (SSSR count). The van der Waals surface area contributed by atoms with Crippen LogP contribution in [0.15, 0.2) is 0 Å².